The highest BCUT2D eigenvalue weighted by atomic mass is 16.5. The molecule has 2 heterocycles. The zero-order valence-corrected chi connectivity index (χ0v) is 17.6. The Morgan fingerprint density at radius 2 is 1.77 bits per heavy atom. The maximum absolute atomic E-state index is 12.3. The van der Waals surface area contributed by atoms with Crippen LogP contribution in [0.2, 0.25) is 0 Å². The van der Waals surface area contributed by atoms with Gasteiger partial charge in [0.05, 0.1) is 11.8 Å². The third kappa shape index (κ3) is 5.62. The summed E-state index contributed by atoms with van der Waals surface area (Å²) in [6, 6.07) is 15.6. The van der Waals surface area contributed by atoms with Gasteiger partial charge in [-0.05, 0) is 36.1 Å². The molecule has 0 spiro atoms. The topological polar surface area (TPSA) is 82.1 Å². The molecule has 1 saturated heterocycles. The number of amides is 2. The number of anilines is 1. The number of fused-ring (bicyclic) bond motifs is 1. The first kappa shape index (κ1) is 21.3. The lowest BCUT2D eigenvalue weighted by Gasteiger charge is -2.29. The minimum Gasteiger partial charge on any atom is -0.482 e. The average molecular weight is 424 g/mol. The van der Waals surface area contributed by atoms with E-state index >= 15 is 0 Å². The Morgan fingerprint density at radius 3 is 2.55 bits per heavy atom. The number of likely N-dealkylation sites (tertiary alicyclic amines) is 1. The molecule has 164 valence electrons. The van der Waals surface area contributed by atoms with Crippen molar-refractivity contribution in [1.82, 2.24) is 10.2 Å². The second-order valence-electron chi connectivity index (χ2n) is 8.15. The Morgan fingerprint density at radius 1 is 1.06 bits per heavy atom. The fraction of sp³-hybridized carbons (Fsp3) is 0.417. The quantitative estimate of drug-likeness (QED) is 0.713. The first-order valence-electron chi connectivity index (χ1n) is 10.9. The van der Waals surface area contributed by atoms with Crippen molar-refractivity contribution in [2.24, 2.45) is 0 Å². The van der Waals surface area contributed by atoms with Crippen LogP contribution in [-0.4, -0.2) is 54.2 Å². The van der Waals surface area contributed by atoms with E-state index in [1.165, 1.54) is 5.56 Å². The van der Waals surface area contributed by atoms with E-state index in [2.05, 4.69) is 22.3 Å². The SMILES string of the molecule is O=C(CCN1C(=O)COc2ccccc21)NCc1ccc(CN2CCC(O)CC2)cc1. The molecule has 0 saturated carbocycles. The molecule has 2 aromatic rings. The fourth-order valence-electron chi connectivity index (χ4n) is 4.00. The van der Waals surface area contributed by atoms with Crippen LogP contribution in [0.4, 0.5) is 5.69 Å². The van der Waals surface area contributed by atoms with Gasteiger partial charge in [0.25, 0.3) is 5.91 Å². The molecule has 0 unspecified atom stereocenters. The molecule has 2 aliphatic rings. The summed E-state index contributed by atoms with van der Waals surface area (Å²) < 4.78 is 5.43. The fourth-order valence-corrected chi connectivity index (χ4v) is 4.00. The van der Waals surface area contributed by atoms with Gasteiger partial charge in [-0.2, -0.15) is 0 Å². The van der Waals surface area contributed by atoms with E-state index in [0.717, 1.165) is 38.0 Å². The van der Waals surface area contributed by atoms with Crippen LogP contribution >= 0.6 is 0 Å². The summed E-state index contributed by atoms with van der Waals surface area (Å²) in [7, 11) is 0. The van der Waals surface area contributed by atoms with Crippen molar-refractivity contribution in [2.45, 2.75) is 38.5 Å². The van der Waals surface area contributed by atoms with Crippen LogP contribution in [0.25, 0.3) is 0 Å². The van der Waals surface area contributed by atoms with Gasteiger partial charge >= 0.3 is 0 Å². The number of carbonyl (C=O) groups is 2. The van der Waals surface area contributed by atoms with Gasteiger partial charge in [-0.15, -0.1) is 0 Å². The van der Waals surface area contributed by atoms with Gasteiger partial charge in [-0.25, -0.2) is 0 Å². The van der Waals surface area contributed by atoms with Gasteiger partial charge in [0.2, 0.25) is 5.91 Å². The number of piperidine rings is 1. The monoisotopic (exact) mass is 423 g/mol. The first-order chi connectivity index (χ1) is 15.1. The molecule has 0 radical (unpaired) electrons. The molecular weight excluding hydrogens is 394 g/mol. The van der Waals surface area contributed by atoms with Crippen molar-refractivity contribution < 1.29 is 19.4 Å². The summed E-state index contributed by atoms with van der Waals surface area (Å²) in [6.45, 7) is 3.53. The Hall–Kier alpha value is -2.90. The summed E-state index contributed by atoms with van der Waals surface area (Å²) in [6.07, 6.45) is 1.76. The number of benzene rings is 2. The van der Waals surface area contributed by atoms with Crippen LogP contribution < -0.4 is 15.0 Å². The highest BCUT2D eigenvalue weighted by molar-refractivity contribution is 5.98. The largest absolute Gasteiger partial charge is 0.482 e. The van der Waals surface area contributed by atoms with Crippen LogP contribution in [0.5, 0.6) is 5.75 Å². The number of aliphatic hydroxyl groups is 1. The van der Waals surface area contributed by atoms with Gasteiger partial charge in [0.1, 0.15) is 5.75 Å². The minimum atomic E-state index is -0.154. The molecular formula is C24H29N3O4. The van der Waals surface area contributed by atoms with E-state index in [9.17, 15) is 14.7 Å². The zero-order chi connectivity index (χ0) is 21.6. The van der Waals surface area contributed by atoms with E-state index in [1.54, 1.807) is 4.90 Å². The molecule has 0 atom stereocenters. The second kappa shape index (κ2) is 9.94. The summed E-state index contributed by atoms with van der Waals surface area (Å²) in [5, 5.41) is 12.6. The predicted octanol–water partition coefficient (Wildman–Crippen LogP) is 2.08. The summed E-state index contributed by atoms with van der Waals surface area (Å²) in [5.74, 6) is 0.446. The molecule has 2 amide bonds. The van der Waals surface area contributed by atoms with E-state index in [4.69, 9.17) is 4.74 Å². The number of carbonyl (C=O) groups excluding carboxylic acids is 2. The number of rotatable bonds is 7. The molecule has 0 aromatic heterocycles. The standard InChI is InChI=1S/C24H29N3O4/c28-20-9-12-26(13-10-20)16-19-7-5-18(6-8-19)15-25-23(29)11-14-27-21-3-1-2-4-22(21)31-17-24(27)30/h1-8,20,28H,9-17H2,(H,25,29). The smallest absolute Gasteiger partial charge is 0.265 e. The Labute approximate surface area is 182 Å². The number of nitrogens with zero attached hydrogens (tertiary/aromatic N) is 2. The molecule has 2 N–H and O–H groups in total. The van der Waals surface area contributed by atoms with Crippen LogP contribution in [0.15, 0.2) is 48.5 Å². The highest BCUT2D eigenvalue weighted by Crippen LogP contribution is 2.31. The van der Waals surface area contributed by atoms with Crippen LogP contribution in [0.1, 0.15) is 30.4 Å². The predicted molar refractivity (Wildman–Crippen MR) is 118 cm³/mol. The summed E-state index contributed by atoms with van der Waals surface area (Å²) in [5.41, 5.74) is 2.99. The molecule has 0 aliphatic carbocycles. The van der Waals surface area contributed by atoms with Gasteiger partial charge in [-0.3, -0.25) is 14.5 Å². The average Bonchev–Trinajstić information content (AvgIpc) is 2.79. The van der Waals surface area contributed by atoms with Crippen LogP contribution in [0, 0.1) is 0 Å². The lowest BCUT2D eigenvalue weighted by molar-refractivity contribution is -0.122. The number of para-hydroxylation sites is 2. The third-order valence-corrected chi connectivity index (χ3v) is 5.85. The molecule has 31 heavy (non-hydrogen) atoms. The van der Waals surface area contributed by atoms with Crippen molar-refractivity contribution >= 4 is 17.5 Å². The Kier molecular flexibility index (Phi) is 6.84. The van der Waals surface area contributed by atoms with E-state index in [-0.39, 0.29) is 30.9 Å². The minimum absolute atomic E-state index is 0.00297. The van der Waals surface area contributed by atoms with E-state index in [0.29, 0.717) is 24.5 Å². The zero-order valence-electron chi connectivity index (χ0n) is 17.6. The Balaban J connectivity index is 1.22. The highest BCUT2D eigenvalue weighted by Gasteiger charge is 2.25. The maximum Gasteiger partial charge on any atom is 0.265 e. The Bertz CT molecular complexity index is 907. The van der Waals surface area contributed by atoms with Crippen LogP contribution in [0.3, 0.4) is 0 Å². The van der Waals surface area contributed by atoms with Crippen molar-refractivity contribution in [3.8, 4) is 5.75 Å². The lowest BCUT2D eigenvalue weighted by atomic mass is 10.1. The lowest BCUT2D eigenvalue weighted by Crippen LogP contribution is -2.41. The molecule has 4 rings (SSSR count). The van der Waals surface area contributed by atoms with E-state index < -0.39 is 0 Å². The van der Waals surface area contributed by atoms with Gasteiger partial charge < -0.3 is 20.1 Å². The van der Waals surface area contributed by atoms with Gasteiger partial charge in [0.15, 0.2) is 6.61 Å². The molecule has 2 aromatic carbocycles. The number of aliphatic hydroxyl groups excluding tert-OH is 1. The summed E-state index contributed by atoms with van der Waals surface area (Å²) >= 11 is 0. The van der Waals surface area contributed by atoms with Gasteiger partial charge in [-0.1, -0.05) is 36.4 Å². The number of hydrogen-bond acceptors (Lipinski definition) is 5. The van der Waals surface area contributed by atoms with Crippen molar-refractivity contribution in [3.63, 3.8) is 0 Å². The summed E-state index contributed by atoms with van der Waals surface area (Å²) in [4.78, 5) is 28.5. The van der Waals surface area contributed by atoms with Crippen molar-refractivity contribution in [3.05, 3.63) is 59.7 Å². The second-order valence-corrected chi connectivity index (χ2v) is 8.15. The molecule has 0 bridgehead atoms. The molecule has 7 nitrogen and oxygen atoms in total. The van der Waals surface area contributed by atoms with E-state index in [1.807, 2.05) is 36.4 Å². The molecule has 7 heteroatoms. The van der Waals surface area contributed by atoms with Crippen LogP contribution in [-0.2, 0) is 22.7 Å². The van der Waals surface area contributed by atoms with Gasteiger partial charge in [0, 0.05) is 39.1 Å². The molecule has 1 fully saturated rings. The van der Waals surface area contributed by atoms with Crippen molar-refractivity contribution in [2.75, 3.05) is 31.1 Å². The number of nitrogens with one attached hydrogen (secondary N) is 1. The number of ether oxygens (including phenoxy) is 1. The third-order valence-electron chi connectivity index (χ3n) is 5.85. The normalized spacial score (nSPS) is 17.2. The first-order valence-corrected chi connectivity index (χ1v) is 10.9. The number of hydrogen-bond donors (Lipinski definition) is 2. The van der Waals surface area contributed by atoms with Crippen molar-refractivity contribution in [1.29, 1.82) is 0 Å². The molecule has 2 aliphatic heterocycles. The maximum atomic E-state index is 12.3.